The van der Waals surface area contributed by atoms with Gasteiger partial charge in [-0.05, 0) is 18.9 Å². The predicted octanol–water partition coefficient (Wildman–Crippen LogP) is 1.44. The second-order valence-corrected chi connectivity index (χ2v) is 4.85. The van der Waals surface area contributed by atoms with E-state index >= 15 is 0 Å². The van der Waals surface area contributed by atoms with Crippen LogP contribution < -0.4 is 10.9 Å². The Bertz CT molecular complexity index is 665. The van der Waals surface area contributed by atoms with Crippen molar-refractivity contribution in [2.24, 2.45) is 0 Å². The van der Waals surface area contributed by atoms with E-state index in [-0.39, 0.29) is 11.5 Å². The molecule has 2 aromatic heterocycles. The average molecular weight is 289 g/mol. The highest BCUT2D eigenvalue weighted by Gasteiger charge is 2.17. The van der Waals surface area contributed by atoms with Gasteiger partial charge in [0.15, 0.2) is 0 Å². The Kier molecular flexibility index (Phi) is 3.83. The maximum absolute atomic E-state index is 12.0. The molecule has 7 nitrogen and oxygen atoms in total. The van der Waals surface area contributed by atoms with Gasteiger partial charge in [0.05, 0.1) is 23.5 Å². The SMILES string of the molecule is O=C(Nc1cnn(C2CCOCC2)c1)c1ccc(=O)oc1. The van der Waals surface area contributed by atoms with Crippen molar-refractivity contribution in [3.05, 3.63) is 46.8 Å². The third-order valence-corrected chi connectivity index (χ3v) is 3.39. The van der Waals surface area contributed by atoms with Gasteiger partial charge in [-0.1, -0.05) is 0 Å². The lowest BCUT2D eigenvalue weighted by Crippen LogP contribution is -2.19. The van der Waals surface area contributed by atoms with Crippen LogP contribution in [0.4, 0.5) is 5.69 Å². The average Bonchev–Trinajstić information content (AvgIpc) is 2.97. The molecule has 0 atom stereocenters. The Balaban J connectivity index is 1.67. The normalized spacial score (nSPS) is 15.8. The quantitative estimate of drug-likeness (QED) is 0.924. The number of aromatic nitrogens is 2. The van der Waals surface area contributed by atoms with Crippen LogP contribution in [0.3, 0.4) is 0 Å². The van der Waals surface area contributed by atoms with Crippen LogP contribution >= 0.6 is 0 Å². The minimum absolute atomic E-state index is 0.286. The summed E-state index contributed by atoms with van der Waals surface area (Å²) < 4.78 is 11.8. The molecule has 1 aliphatic heterocycles. The Labute approximate surface area is 120 Å². The van der Waals surface area contributed by atoms with Crippen LogP contribution in [0.5, 0.6) is 0 Å². The van der Waals surface area contributed by atoms with E-state index in [1.807, 2.05) is 4.68 Å². The standard InChI is InChI=1S/C14H15N3O4/c18-13-2-1-10(9-21-13)14(19)16-11-7-15-17(8-11)12-3-5-20-6-4-12/h1-2,7-9,12H,3-6H2,(H,16,19). The number of nitrogens with one attached hydrogen (secondary N) is 1. The van der Waals surface area contributed by atoms with Crippen LogP contribution in [0.1, 0.15) is 29.2 Å². The largest absolute Gasteiger partial charge is 0.430 e. The molecule has 21 heavy (non-hydrogen) atoms. The first-order valence-corrected chi connectivity index (χ1v) is 6.74. The first-order valence-electron chi connectivity index (χ1n) is 6.74. The molecule has 110 valence electrons. The van der Waals surface area contributed by atoms with Crippen LogP contribution in [0.25, 0.3) is 0 Å². The van der Waals surface area contributed by atoms with Gasteiger partial charge in [0.1, 0.15) is 6.26 Å². The maximum Gasteiger partial charge on any atom is 0.335 e. The molecule has 0 aliphatic carbocycles. The van der Waals surface area contributed by atoms with E-state index in [9.17, 15) is 9.59 Å². The number of amides is 1. The van der Waals surface area contributed by atoms with E-state index in [2.05, 4.69) is 14.8 Å². The molecule has 2 aromatic rings. The lowest BCUT2D eigenvalue weighted by molar-refractivity contribution is 0.0662. The van der Waals surface area contributed by atoms with E-state index < -0.39 is 5.63 Å². The monoisotopic (exact) mass is 289 g/mol. The fourth-order valence-corrected chi connectivity index (χ4v) is 2.24. The summed E-state index contributed by atoms with van der Waals surface area (Å²) in [6.45, 7) is 1.46. The van der Waals surface area contributed by atoms with Gasteiger partial charge in [0.25, 0.3) is 5.91 Å². The lowest BCUT2D eigenvalue weighted by atomic mass is 10.1. The van der Waals surface area contributed by atoms with Gasteiger partial charge < -0.3 is 14.5 Å². The fourth-order valence-electron chi connectivity index (χ4n) is 2.24. The molecular formula is C14H15N3O4. The molecule has 1 N–H and O–H groups in total. The Morgan fingerprint density at radius 1 is 1.33 bits per heavy atom. The predicted molar refractivity (Wildman–Crippen MR) is 74.2 cm³/mol. The smallest absolute Gasteiger partial charge is 0.335 e. The number of rotatable bonds is 3. The van der Waals surface area contributed by atoms with Crippen LogP contribution in [0.2, 0.25) is 0 Å². The molecule has 1 saturated heterocycles. The molecule has 7 heteroatoms. The van der Waals surface area contributed by atoms with Gasteiger partial charge in [0, 0.05) is 25.5 Å². The van der Waals surface area contributed by atoms with E-state index in [1.165, 1.54) is 12.1 Å². The van der Waals surface area contributed by atoms with Gasteiger partial charge in [-0.2, -0.15) is 5.10 Å². The highest BCUT2D eigenvalue weighted by Crippen LogP contribution is 2.21. The fraction of sp³-hybridized carbons (Fsp3) is 0.357. The van der Waals surface area contributed by atoms with Crippen molar-refractivity contribution in [1.82, 2.24) is 9.78 Å². The van der Waals surface area contributed by atoms with Gasteiger partial charge in [0.2, 0.25) is 0 Å². The maximum atomic E-state index is 12.0. The van der Waals surface area contributed by atoms with Crippen molar-refractivity contribution in [1.29, 1.82) is 0 Å². The van der Waals surface area contributed by atoms with Crippen molar-refractivity contribution in [2.75, 3.05) is 18.5 Å². The second-order valence-electron chi connectivity index (χ2n) is 4.85. The van der Waals surface area contributed by atoms with E-state index in [4.69, 9.17) is 4.74 Å². The molecule has 1 fully saturated rings. The zero-order chi connectivity index (χ0) is 14.7. The van der Waals surface area contributed by atoms with Gasteiger partial charge in [-0.15, -0.1) is 0 Å². The van der Waals surface area contributed by atoms with Crippen LogP contribution in [0, 0.1) is 0 Å². The van der Waals surface area contributed by atoms with Crippen molar-refractivity contribution in [3.8, 4) is 0 Å². The minimum Gasteiger partial charge on any atom is -0.430 e. The molecule has 0 saturated carbocycles. The number of ether oxygens (including phenoxy) is 1. The van der Waals surface area contributed by atoms with Crippen molar-refractivity contribution in [2.45, 2.75) is 18.9 Å². The topological polar surface area (TPSA) is 86.4 Å². The number of nitrogens with zero attached hydrogens (tertiary/aromatic N) is 2. The van der Waals surface area contributed by atoms with Crippen molar-refractivity contribution < 1.29 is 13.9 Å². The highest BCUT2D eigenvalue weighted by molar-refractivity contribution is 6.03. The molecule has 3 heterocycles. The molecule has 0 spiro atoms. The van der Waals surface area contributed by atoms with Gasteiger partial charge in [-0.3, -0.25) is 9.48 Å². The summed E-state index contributed by atoms with van der Waals surface area (Å²) in [5.41, 5.74) is 0.407. The number of anilines is 1. The van der Waals surface area contributed by atoms with E-state index in [1.54, 1.807) is 12.4 Å². The van der Waals surface area contributed by atoms with Crippen molar-refractivity contribution >= 4 is 11.6 Å². The molecular weight excluding hydrogens is 274 g/mol. The molecule has 0 radical (unpaired) electrons. The summed E-state index contributed by atoms with van der Waals surface area (Å²) in [7, 11) is 0. The third-order valence-electron chi connectivity index (χ3n) is 3.39. The van der Waals surface area contributed by atoms with E-state index in [0.717, 1.165) is 32.3 Å². The summed E-state index contributed by atoms with van der Waals surface area (Å²) in [4.78, 5) is 22.8. The summed E-state index contributed by atoms with van der Waals surface area (Å²) in [5.74, 6) is -0.342. The molecule has 3 rings (SSSR count). The van der Waals surface area contributed by atoms with Gasteiger partial charge in [-0.25, -0.2) is 4.79 Å². The molecule has 0 bridgehead atoms. The lowest BCUT2D eigenvalue weighted by Gasteiger charge is -2.22. The van der Waals surface area contributed by atoms with Crippen LogP contribution in [-0.4, -0.2) is 28.9 Å². The minimum atomic E-state index is -0.487. The first-order chi connectivity index (χ1) is 10.2. The summed E-state index contributed by atoms with van der Waals surface area (Å²) in [5, 5.41) is 7.00. The first kappa shape index (κ1) is 13.6. The Morgan fingerprint density at radius 2 is 2.14 bits per heavy atom. The van der Waals surface area contributed by atoms with E-state index in [0.29, 0.717) is 11.7 Å². The third kappa shape index (κ3) is 3.19. The number of carbonyl (C=O) groups excluding carboxylic acids is 1. The summed E-state index contributed by atoms with van der Waals surface area (Å²) in [6.07, 6.45) is 6.37. The Morgan fingerprint density at radius 3 is 2.86 bits per heavy atom. The van der Waals surface area contributed by atoms with Crippen molar-refractivity contribution in [3.63, 3.8) is 0 Å². The molecule has 0 unspecified atom stereocenters. The molecule has 1 amide bonds. The van der Waals surface area contributed by atoms with Crippen LogP contribution in [-0.2, 0) is 4.74 Å². The van der Waals surface area contributed by atoms with Gasteiger partial charge >= 0.3 is 5.63 Å². The summed E-state index contributed by atoms with van der Waals surface area (Å²) in [6, 6.07) is 2.93. The Hall–Kier alpha value is -2.41. The number of hydrogen-bond acceptors (Lipinski definition) is 5. The zero-order valence-electron chi connectivity index (χ0n) is 11.3. The molecule has 1 aliphatic rings. The zero-order valence-corrected chi connectivity index (χ0v) is 11.3. The molecule has 0 aromatic carbocycles. The summed E-state index contributed by atoms with van der Waals surface area (Å²) >= 11 is 0. The van der Waals surface area contributed by atoms with Crippen LogP contribution in [0.15, 0.2) is 40.0 Å². The number of hydrogen-bond donors (Lipinski definition) is 1. The number of carbonyl (C=O) groups is 1. The second kappa shape index (κ2) is 5.92. The highest BCUT2D eigenvalue weighted by atomic mass is 16.5.